The molecule has 0 bridgehead atoms. The first-order valence-corrected chi connectivity index (χ1v) is 26.5. The molecule has 0 aromatic carbocycles. The average Bonchev–Trinajstić information content (AvgIpc) is 3.29. The van der Waals surface area contributed by atoms with E-state index < -0.39 is 26.5 Å². The standard InChI is InChI=1S/C55H90NO8P/c1-3-5-7-9-11-13-15-17-19-21-23-25-26-28-29-31-33-35-37-39-41-43-45-47-54(58)56-49-50-63-65(60,61)64-52-53(57)51-62-55(59)48-46-44-42-40-38-36-34-32-30-27-24-22-20-18-16-14-12-10-8-6-4-2/h5,7,11-14,17-20,23-25,27-29,33,35,39,41,53,57H,3-4,6,8-10,15-16,21-22,26,30-32,34,36-38,40,42-52H2,1-2H3,(H,56,58)(H,60,61)/b7-5-,13-11-,14-12-,19-17-,20-18-,25-23-,27-24-,29-28-,35-33-,41-39-. The average molecular weight is 924 g/mol. The van der Waals surface area contributed by atoms with Crippen molar-refractivity contribution < 1.29 is 37.9 Å². The summed E-state index contributed by atoms with van der Waals surface area (Å²) in [5.41, 5.74) is 0. The molecule has 0 heterocycles. The van der Waals surface area contributed by atoms with Crippen molar-refractivity contribution in [3.63, 3.8) is 0 Å². The van der Waals surface area contributed by atoms with Gasteiger partial charge in [-0.05, 0) is 103 Å². The number of hydrogen-bond acceptors (Lipinski definition) is 7. The van der Waals surface area contributed by atoms with Gasteiger partial charge >= 0.3 is 13.8 Å². The highest BCUT2D eigenvalue weighted by atomic mass is 31.2. The Balaban J connectivity index is 3.71. The van der Waals surface area contributed by atoms with Gasteiger partial charge in [0, 0.05) is 19.4 Å². The second kappa shape index (κ2) is 49.8. The Bertz CT molecular complexity index is 1470. The summed E-state index contributed by atoms with van der Waals surface area (Å²) < 4.78 is 26.9. The van der Waals surface area contributed by atoms with Gasteiger partial charge in [0.1, 0.15) is 12.7 Å². The first-order valence-electron chi connectivity index (χ1n) is 25.0. The van der Waals surface area contributed by atoms with E-state index in [4.69, 9.17) is 13.8 Å². The van der Waals surface area contributed by atoms with Gasteiger partial charge in [0.2, 0.25) is 5.91 Å². The summed E-state index contributed by atoms with van der Waals surface area (Å²) >= 11 is 0. The number of amides is 1. The topological polar surface area (TPSA) is 131 Å². The van der Waals surface area contributed by atoms with Crippen LogP contribution in [-0.4, -0.2) is 54.3 Å². The molecule has 368 valence electrons. The van der Waals surface area contributed by atoms with Crippen LogP contribution in [0.3, 0.4) is 0 Å². The molecule has 0 fully saturated rings. The van der Waals surface area contributed by atoms with Gasteiger partial charge in [-0.15, -0.1) is 0 Å². The highest BCUT2D eigenvalue weighted by Crippen LogP contribution is 2.42. The van der Waals surface area contributed by atoms with Crippen molar-refractivity contribution in [3.05, 3.63) is 122 Å². The number of phosphoric acid groups is 1. The summed E-state index contributed by atoms with van der Waals surface area (Å²) in [6, 6.07) is 0. The van der Waals surface area contributed by atoms with E-state index in [1.807, 2.05) is 0 Å². The van der Waals surface area contributed by atoms with E-state index >= 15 is 0 Å². The molecule has 65 heavy (non-hydrogen) atoms. The number of carbonyl (C=O) groups excluding carboxylic acids is 2. The minimum absolute atomic E-state index is 0.0414. The van der Waals surface area contributed by atoms with Crippen LogP contribution in [0.1, 0.15) is 181 Å². The molecular weight excluding hydrogens is 834 g/mol. The highest BCUT2D eigenvalue weighted by Gasteiger charge is 2.23. The van der Waals surface area contributed by atoms with Crippen LogP contribution < -0.4 is 5.32 Å². The number of carbonyl (C=O) groups is 2. The lowest BCUT2D eigenvalue weighted by Gasteiger charge is -2.15. The third kappa shape index (κ3) is 51.3. The minimum atomic E-state index is -4.45. The molecule has 0 rings (SSSR count). The summed E-state index contributed by atoms with van der Waals surface area (Å²) in [7, 11) is -4.45. The maximum absolute atomic E-state index is 12.1. The van der Waals surface area contributed by atoms with E-state index in [0.29, 0.717) is 12.8 Å². The van der Waals surface area contributed by atoms with E-state index in [9.17, 15) is 24.2 Å². The fourth-order valence-electron chi connectivity index (χ4n) is 6.14. The van der Waals surface area contributed by atoms with E-state index in [1.165, 1.54) is 51.4 Å². The number of rotatable bonds is 45. The molecule has 0 aromatic rings. The Morgan fingerprint density at radius 2 is 0.892 bits per heavy atom. The van der Waals surface area contributed by atoms with Gasteiger partial charge in [0.25, 0.3) is 0 Å². The number of allylic oxidation sites excluding steroid dienone is 20. The van der Waals surface area contributed by atoms with Crippen molar-refractivity contribution >= 4 is 19.7 Å². The maximum Gasteiger partial charge on any atom is 0.472 e. The molecule has 9 nitrogen and oxygen atoms in total. The SMILES string of the molecule is CC/C=C\C/C=C\C/C=C\C/C=C\C/C=C\C/C=C\C/C=C\CCCC(=O)NCCOP(=O)(O)OCC(O)COC(=O)CCCCCCCCCC/C=C\C/C=C\C/C=C\CCCCC. The Kier molecular flexibility index (Phi) is 47.1. The quantitative estimate of drug-likeness (QED) is 0.0238. The molecule has 0 aromatic heterocycles. The molecule has 0 saturated carbocycles. The second-order valence-corrected chi connectivity index (χ2v) is 17.5. The Morgan fingerprint density at radius 3 is 1.35 bits per heavy atom. The Morgan fingerprint density at radius 1 is 0.492 bits per heavy atom. The van der Waals surface area contributed by atoms with Crippen molar-refractivity contribution in [3.8, 4) is 0 Å². The molecule has 0 spiro atoms. The monoisotopic (exact) mass is 924 g/mol. The van der Waals surface area contributed by atoms with Gasteiger partial charge < -0.3 is 20.1 Å². The number of nitrogens with one attached hydrogen (secondary N) is 1. The van der Waals surface area contributed by atoms with Crippen LogP contribution in [0.2, 0.25) is 0 Å². The normalized spacial score (nSPS) is 14.2. The summed E-state index contributed by atoms with van der Waals surface area (Å²) in [5, 5.41) is 12.7. The predicted molar refractivity (Wildman–Crippen MR) is 274 cm³/mol. The third-order valence-corrected chi connectivity index (χ3v) is 10.9. The Labute approximate surface area is 396 Å². The lowest BCUT2D eigenvalue weighted by atomic mass is 10.1. The first kappa shape index (κ1) is 61.4. The van der Waals surface area contributed by atoms with Gasteiger partial charge in [-0.2, -0.15) is 0 Å². The zero-order valence-corrected chi connectivity index (χ0v) is 41.5. The molecule has 2 unspecified atom stereocenters. The number of phosphoric ester groups is 1. The van der Waals surface area contributed by atoms with Crippen molar-refractivity contribution in [1.82, 2.24) is 5.32 Å². The molecule has 0 saturated heterocycles. The zero-order valence-electron chi connectivity index (χ0n) is 40.6. The lowest BCUT2D eigenvalue weighted by molar-refractivity contribution is -0.147. The molecule has 2 atom stereocenters. The number of ether oxygens (including phenoxy) is 1. The first-order chi connectivity index (χ1) is 31.8. The number of esters is 1. The molecule has 0 aliphatic rings. The molecular formula is C55H90NO8P. The molecule has 0 aliphatic heterocycles. The number of hydrogen-bond donors (Lipinski definition) is 3. The van der Waals surface area contributed by atoms with Gasteiger partial charge in [0.05, 0.1) is 13.2 Å². The molecule has 3 N–H and O–H groups in total. The zero-order chi connectivity index (χ0) is 47.4. The fourth-order valence-corrected chi connectivity index (χ4v) is 6.90. The van der Waals surface area contributed by atoms with Crippen molar-refractivity contribution in [2.75, 3.05) is 26.4 Å². The van der Waals surface area contributed by atoms with E-state index in [0.717, 1.165) is 96.3 Å². The molecule has 0 aliphatic carbocycles. The van der Waals surface area contributed by atoms with Crippen LogP contribution in [0.4, 0.5) is 0 Å². The minimum Gasteiger partial charge on any atom is -0.463 e. The molecule has 0 radical (unpaired) electrons. The van der Waals surface area contributed by atoms with Crippen LogP contribution in [0.15, 0.2) is 122 Å². The third-order valence-electron chi connectivity index (χ3n) is 9.88. The van der Waals surface area contributed by atoms with Crippen molar-refractivity contribution in [2.24, 2.45) is 0 Å². The molecule has 1 amide bonds. The van der Waals surface area contributed by atoms with Crippen LogP contribution in [0.25, 0.3) is 0 Å². The van der Waals surface area contributed by atoms with Gasteiger partial charge in [0.15, 0.2) is 0 Å². The van der Waals surface area contributed by atoms with Gasteiger partial charge in [-0.25, -0.2) is 4.57 Å². The fraction of sp³-hybridized carbons (Fsp3) is 0.600. The van der Waals surface area contributed by atoms with Crippen LogP contribution in [-0.2, 0) is 27.9 Å². The van der Waals surface area contributed by atoms with E-state index in [1.54, 1.807) is 0 Å². The van der Waals surface area contributed by atoms with E-state index in [-0.39, 0.29) is 32.1 Å². The summed E-state index contributed by atoms with van der Waals surface area (Å²) in [6.07, 6.45) is 68.5. The van der Waals surface area contributed by atoms with Crippen molar-refractivity contribution in [1.29, 1.82) is 0 Å². The highest BCUT2D eigenvalue weighted by molar-refractivity contribution is 7.47. The van der Waals surface area contributed by atoms with Gasteiger partial charge in [-0.3, -0.25) is 18.6 Å². The Hall–Kier alpha value is -3.59. The lowest BCUT2D eigenvalue weighted by Crippen LogP contribution is -2.27. The van der Waals surface area contributed by atoms with Gasteiger partial charge in [-0.1, -0.05) is 187 Å². The van der Waals surface area contributed by atoms with Crippen molar-refractivity contribution in [2.45, 2.75) is 187 Å². The van der Waals surface area contributed by atoms with Crippen LogP contribution in [0, 0.1) is 0 Å². The predicted octanol–water partition coefficient (Wildman–Crippen LogP) is 14.9. The second-order valence-electron chi connectivity index (χ2n) is 16.0. The maximum atomic E-state index is 12.1. The van der Waals surface area contributed by atoms with E-state index in [2.05, 4.69) is 141 Å². The smallest absolute Gasteiger partial charge is 0.463 e. The van der Waals surface area contributed by atoms with Crippen LogP contribution >= 0.6 is 7.82 Å². The summed E-state index contributed by atoms with van der Waals surface area (Å²) in [4.78, 5) is 34.0. The largest absolute Gasteiger partial charge is 0.472 e. The number of unbranched alkanes of at least 4 members (excludes halogenated alkanes) is 12. The van der Waals surface area contributed by atoms with Crippen LogP contribution in [0.5, 0.6) is 0 Å². The summed E-state index contributed by atoms with van der Waals surface area (Å²) in [6.45, 7) is 3.32. The number of aliphatic hydroxyl groups excluding tert-OH is 1. The number of aliphatic hydroxyl groups is 1. The summed E-state index contributed by atoms with van der Waals surface area (Å²) in [5.74, 6) is -0.593. The molecule has 10 heteroatoms.